The van der Waals surface area contributed by atoms with Gasteiger partial charge in [-0.25, -0.2) is 0 Å². The number of esters is 2. The number of Topliss-reactive ketones (excluding diaryl/α,β-unsaturated/α-hetero) is 1. The number of nitrogens with zero attached hydrogens (tertiary/aromatic N) is 1. The number of benzene rings is 4. The first kappa shape index (κ1) is 23.7. The van der Waals surface area contributed by atoms with E-state index >= 15 is 0 Å². The van der Waals surface area contributed by atoms with Crippen molar-refractivity contribution in [3.63, 3.8) is 0 Å². The lowest BCUT2D eigenvalue weighted by Crippen LogP contribution is -2.19. The van der Waals surface area contributed by atoms with Gasteiger partial charge in [-0.15, -0.1) is 0 Å². The normalized spacial score (nSPS) is 10.6. The Kier molecular flexibility index (Phi) is 6.92. The smallest absolute Gasteiger partial charge is 0.308 e. The largest absolute Gasteiger partial charge is 0.425 e. The molecule has 4 rings (SSSR count). The molecule has 0 saturated heterocycles. The molecule has 0 saturated carbocycles. The van der Waals surface area contributed by atoms with Gasteiger partial charge in [0.1, 0.15) is 5.69 Å². The molecule has 6 heteroatoms. The molecule has 0 aliphatic carbocycles. The van der Waals surface area contributed by atoms with Crippen molar-refractivity contribution in [3.8, 4) is 11.5 Å². The number of anilines is 3. The van der Waals surface area contributed by atoms with Crippen LogP contribution in [0.25, 0.3) is 10.8 Å². The highest BCUT2D eigenvalue weighted by Crippen LogP contribution is 2.51. The van der Waals surface area contributed by atoms with E-state index in [0.717, 1.165) is 11.4 Å². The van der Waals surface area contributed by atoms with Crippen LogP contribution in [0.2, 0.25) is 0 Å². The molecule has 6 nitrogen and oxygen atoms in total. The number of rotatable bonds is 7. The molecule has 4 aromatic rings. The first-order chi connectivity index (χ1) is 16.9. The Labute approximate surface area is 203 Å². The van der Waals surface area contributed by atoms with E-state index in [2.05, 4.69) is 0 Å². The predicted octanol–water partition coefficient (Wildman–Crippen LogP) is 6.75. The van der Waals surface area contributed by atoms with Crippen LogP contribution in [-0.4, -0.2) is 17.7 Å². The molecule has 35 heavy (non-hydrogen) atoms. The van der Waals surface area contributed by atoms with E-state index < -0.39 is 11.9 Å². The molecule has 176 valence electrons. The van der Waals surface area contributed by atoms with Crippen LogP contribution in [0.3, 0.4) is 0 Å². The van der Waals surface area contributed by atoms with Gasteiger partial charge in [0, 0.05) is 42.4 Å². The van der Waals surface area contributed by atoms with Gasteiger partial charge < -0.3 is 14.4 Å². The molecule has 0 spiro atoms. The minimum atomic E-state index is -0.558. The fourth-order valence-corrected chi connectivity index (χ4v) is 4.07. The monoisotopic (exact) mass is 467 g/mol. The van der Waals surface area contributed by atoms with Crippen molar-refractivity contribution in [1.82, 2.24) is 0 Å². The van der Waals surface area contributed by atoms with Gasteiger partial charge in [-0.3, -0.25) is 14.4 Å². The summed E-state index contributed by atoms with van der Waals surface area (Å²) in [5.74, 6) is -0.992. The summed E-state index contributed by atoms with van der Waals surface area (Å²) in [5.41, 5.74) is 1.98. The fourth-order valence-electron chi connectivity index (χ4n) is 4.07. The van der Waals surface area contributed by atoms with E-state index in [1.165, 1.54) is 13.8 Å². The zero-order valence-electron chi connectivity index (χ0n) is 19.8. The van der Waals surface area contributed by atoms with Gasteiger partial charge in [0.05, 0.1) is 5.56 Å². The Bertz CT molecular complexity index is 1360. The van der Waals surface area contributed by atoms with Gasteiger partial charge in [-0.1, -0.05) is 67.6 Å². The summed E-state index contributed by atoms with van der Waals surface area (Å²) in [4.78, 5) is 39.9. The lowest BCUT2D eigenvalue weighted by molar-refractivity contribution is -0.132. The van der Waals surface area contributed by atoms with Gasteiger partial charge >= 0.3 is 11.9 Å². The Morgan fingerprint density at radius 1 is 0.657 bits per heavy atom. The molecule has 0 heterocycles. The minimum absolute atomic E-state index is 0.141. The molecule has 0 aliphatic rings. The van der Waals surface area contributed by atoms with E-state index in [1.807, 2.05) is 65.6 Å². The fraction of sp³-hybridized carbons (Fsp3) is 0.138. The van der Waals surface area contributed by atoms with E-state index in [4.69, 9.17) is 9.47 Å². The number of carbonyl (C=O) groups is 3. The molecule has 0 unspecified atom stereocenters. The zero-order valence-corrected chi connectivity index (χ0v) is 19.8. The van der Waals surface area contributed by atoms with Gasteiger partial charge in [0.2, 0.25) is 0 Å². The lowest BCUT2D eigenvalue weighted by atomic mass is 9.96. The van der Waals surface area contributed by atoms with E-state index in [0.29, 0.717) is 16.5 Å². The highest BCUT2D eigenvalue weighted by Gasteiger charge is 2.31. The number of ether oxygens (including phenoxy) is 2. The van der Waals surface area contributed by atoms with E-state index in [9.17, 15) is 14.4 Å². The van der Waals surface area contributed by atoms with Crippen LogP contribution in [-0.2, 0) is 9.59 Å². The molecule has 0 amide bonds. The maximum Gasteiger partial charge on any atom is 0.308 e. The zero-order chi connectivity index (χ0) is 24.9. The molecule has 0 N–H and O–H groups in total. The average molecular weight is 468 g/mol. The van der Waals surface area contributed by atoms with Crippen LogP contribution in [0.1, 0.15) is 37.6 Å². The third kappa shape index (κ3) is 4.77. The number of hydrogen-bond acceptors (Lipinski definition) is 6. The number of fused-ring (bicyclic) bond motifs is 1. The molecule has 4 aromatic carbocycles. The van der Waals surface area contributed by atoms with Crippen molar-refractivity contribution < 1.29 is 23.9 Å². The Balaban J connectivity index is 2.24. The number of para-hydroxylation sites is 2. The lowest BCUT2D eigenvalue weighted by Gasteiger charge is -2.30. The molecule has 0 radical (unpaired) electrons. The third-order valence-corrected chi connectivity index (χ3v) is 5.44. The standard InChI is InChI=1S/C29H25NO5/c1-4-25(33)26-27(30(21-13-7-5-8-14-21)22-15-9-6-10-16-22)29(35-20(3)32)24-18-12-11-17-23(24)28(26)34-19(2)31/h5-18H,4H2,1-3H3. The summed E-state index contributed by atoms with van der Waals surface area (Å²) in [6, 6.07) is 26.0. The van der Waals surface area contributed by atoms with Crippen LogP contribution in [0.15, 0.2) is 84.9 Å². The van der Waals surface area contributed by atoms with Crippen molar-refractivity contribution in [1.29, 1.82) is 0 Å². The second-order valence-electron chi connectivity index (χ2n) is 7.90. The summed E-state index contributed by atoms with van der Waals surface area (Å²) < 4.78 is 11.5. The summed E-state index contributed by atoms with van der Waals surface area (Å²) in [5, 5.41) is 1.04. The topological polar surface area (TPSA) is 72.9 Å². The van der Waals surface area contributed by atoms with Crippen LogP contribution in [0, 0.1) is 0 Å². The maximum absolute atomic E-state index is 13.5. The summed E-state index contributed by atoms with van der Waals surface area (Å²) in [6.07, 6.45) is 0.149. The highest BCUT2D eigenvalue weighted by molar-refractivity contribution is 6.16. The Morgan fingerprint density at radius 2 is 1.09 bits per heavy atom. The minimum Gasteiger partial charge on any atom is -0.425 e. The molecular weight excluding hydrogens is 442 g/mol. The summed E-state index contributed by atoms with van der Waals surface area (Å²) in [6.45, 7) is 4.34. The van der Waals surface area contributed by atoms with Gasteiger partial charge in [-0.2, -0.15) is 0 Å². The predicted molar refractivity (Wildman–Crippen MR) is 136 cm³/mol. The van der Waals surface area contributed by atoms with E-state index in [-0.39, 0.29) is 29.3 Å². The Morgan fingerprint density at radius 3 is 1.54 bits per heavy atom. The molecule has 0 aromatic heterocycles. The second kappa shape index (κ2) is 10.2. The van der Waals surface area contributed by atoms with Crippen LogP contribution >= 0.6 is 0 Å². The molecule has 0 aliphatic heterocycles. The quantitative estimate of drug-likeness (QED) is 0.170. The first-order valence-electron chi connectivity index (χ1n) is 11.3. The van der Waals surface area contributed by atoms with Gasteiger partial charge in [0.25, 0.3) is 0 Å². The maximum atomic E-state index is 13.5. The van der Waals surface area contributed by atoms with E-state index in [1.54, 1.807) is 31.2 Å². The SMILES string of the molecule is CCC(=O)c1c(N(c2ccccc2)c2ccccc2)c(OC(C)=O)c2ccccc2c1OC(C)=O. The average Bonchev–Trinajstić information content (AvgIpc) is 2.86. The molecule has 0 bridgehead atoms. The molecule has 0 atom stereocenters. The van der Waals surface area contributed by atoms with Gasteiger partial charge in [-0.05, 0) is 24.3 Å². The molecule has 0 fully saturated rings. The summed E-state index contributed by atoms with van der Waals surface area (Å²) in [7, 11) is 0. The number of carbonyl (C=O) groups excluding carboxylic acids is 3. The van der Waals surface area contributed by atoms with Gasteiger partial charge in [0.15, 0.2) is 17.3 Å². The third-order valence-electron chi connectivity index (χ3n) is 5.44. The van der Waals surface area contributed by atoms with Crippen molar-refractivity contribution >= 4 is 45.6 Å². The van der Waals surface area contributed by atoms with Crippen LogP contribution < -0.4 is 14.4 Å². The van der Waals surface area contributed by atoms with Crippen molar-refractivity contribution in [2.24, 2.45) is 0 Å². The van der Waals surface area contributed by atoms with Crippen LogP contribution in [0.5, 0.6) is 11.5 Å². The van der Waals surface area contributed by atoms with Crippen molar-refractivity contribution in [3.05, 3.63) is 90.5 Å². The molecular formula is C29H25NO5. The van der Waals surface area contributed by atoms with Crippen LogP contribution in [0.4, 0.5) is 17.1 Å². The Hall–Kier alpha value is -4.45. The number of hydrogen-bond donors (Lipinski definition) is 0. The first-order valence-corrected chi connectivity index (χ1v) is 11.3. The summed E-state index contributed by atoms with van der Waals surface area (Å²) >= 11 is 0. The number of ketones is 1. The van der Waals surface area contributed by atoms with Crippen molar-refractivity contribution in [2.75, 3.05) is 4.90 Å². The second-order valence-corrected chi connectivity index (χ2v) is 7.90. The van der Waals surface area contributed by atoms with Crippen molar-refractivity contribution in [2.45, 2.75) is 27.2 Å². The highest BCUT2D eigenvalue weighted by atomic mass is 16.5.